The molecule has 0 aromatic heterocycles. The predicted molar refractivity (Wildman–Crippen MR) is 105 cm³/mol. The topological polar surface area (TPSA) is 55.4 Å². The zero-order valence-corrected chi connectivity index (χ0v) is 19.8. The first-order chi connectivity index (χ1) is 11.7. The van der Waals surface area contributed by atoms with E-state index in [1.807, 2.05) is 37.8 Å². The SMILES string of the molecule is CO[Si](C)(OC)C(c1ccccc1)([Si](C)(OC)OC)[Si](C)(OC)OC. The first-order valence-electron chi connectivity index (χ1n) is 8.08. The fraction of sp³-hybridized carbons (Fsp3) is 0.625. The van der Waals surface area contributed by atoms with Gasteiger partial charge in [-0.15, -0.1) is 0 Å². The van der Waals surface area contributed by atoms with Gasteiger partial charge in [0.15, 0.2) is 0 Å². The second-order valence-electron chi connectivity index (χ2n) is 6.18. The maximum Gasteiger partial charge on any atom is 0.349 e. The molecule has 0 unspecified atom stereocenters. The third-order valence-electron chi connectivity index (χ3n) is 5.59. The molecule has 1 rings (SSSR count). The zero-order chi connectivity index (χ0) is 19.4. The summed E-state index contributed by atoms with van der Waals surface area (Å²) in [5.74, 6) is 0. The lowest BCUT2D eigenvalue weighted by Gasteiger charge is -2.56. The molecule has 0 bridgehead atoms. The second kappa shape index (κ2) is 8.55. The molecule has 0 fully saturated rings. The third-order valence-corrected chi connectivity index (χ3v) is 23.4. The summed E-state index contributed by atoms with van der Waals surface area (Å²) in [5.41, 5.74) is 1.00. The number of benzene rings is 1. The molecule has 1 aromatic rings. The normalized spacial score (nSPS) is 14.0. The number of hydrogen-bond acceptors (Lipinski definition) is 6. The van der Waals surface area contributed by atoms with E-state index in [2.05, 4.69) is 12.1 Å². The van der Waals surface area contributed by atoms with Crippen molar-refractivity contribution in [1.29, 1.82) is 0 Å². The highest BCUT2D eigenvalue weighted by atomic mass is 28.5. The molecule has 0 aliphatic rings. The molecule has 0 radical (unpaired) electrons. The lowest BCUT2D eigenvalue weighted by atomic mass is 10.2. The molecule has 0 saturated carbocycles. The van der Waals surface area contributed by atoms with E-state index in [0.717, 1.165) is 5.56 Å². The van der Waals surface area contributed by atoms with Crippen LogP contribution in [0.1, 0.15) is 5.56 Å². The molecule has 0 aliphatic heterocycles. The van der Waals surface area contributed by atoms with Crippen LogP contribution in [0, 0.1) is 0 Å². The van der Waals surface area contributed by atoms with Crippen molar-refractivity contribution in [3.63, 3.8) is 0 Å². The van der Waals surface area contributed by atoms with Gasteiger partial charge in [-0.05, 0) is 25.2 Å². The highest BCUT2D eigenvalue weighted by Gasteiger charge is 2.79. The maximum atomic E-state index is 6.07. The molecule has 1 aromatic carbocycles. The molecule has 6 nitrogen and oxygen atoms in total. The van der Waals surface area contributed by atoms with Crippen molar-refractivity contribution < 1.29 is 26.6 Å². The lowest BCUT2D eigenvalue weighted by Crippen LogP contribution is -2.83. The Balaban J connectivity index is 4.10. The van der Waals surface area contributed by atoms with Gasteiger partial charge < -0.3 is 26.6 Å². The highest BCUT2D eigenvalue weighted by Crippen LogP contribution is 2.50. The van der Waals surface area contributed by atoms with E-state index in [1.54, 1.807) is 42.7 Å². The van der Waals surface area contributed by atoms with Gasteiger partial charge in [0, 0.05) is 42.7 Å². The molecule has 0 aliphatic carbocycles. The molecular formula is C16H32O6Si3. The summed E-state index contributed by atoms with van der Waals surface area (Å²) in [6.45, 7) is 6.06. The predicted octanol–water partition coefficient (Wildman–Crippen LogP) is 2.64. The fourth-order valence-electron chi connectivity index (χ4n) is 3.88. The fourth-order valence-corrected chi connectivity index (χ4v) is 21.9. The maximum absolute atomic E-state index is 6.07. The molecule has 0 heterocycles. The average Bonchev–Trinajstić information content (AvgIpc) is 2.68. The Morgan fingerprint density at radius 2 is 0.840 bits per heavy atom. The van der Waals surface area contributed by atoms with Crippen LogP contribution in [0.5, 0.6) is 0 Å². The van der Waals surface area contributed by atoms with Crippen LogP contribution >= 0.6 is 0 Å². The average molecular weight is 405 g/mol. The van der Waals surface area contributed by atoms with Crippen LogP contribution in [-0.2, 0) is 30.8 Å². The molecule has 25 heavy (non-hydrogen) atoms. The van der Waals surface area contributed by atoms with Crippen molar-refractivity contribution in [2.24, 2.45) is 0 Å². The molecule has 0 amide bonds. The lowest BCUT2D eigenvalue weighted by molar-refractivity contribution is 0.166. The number of rotatable bonds is 10. The van der Waals surface area contributed by atoms with E-state index >= 15 is 0 Å². The van der Waals surface area contributed by atoms with E-state index in [4.69, 9.17) is 26.6 Å². The van der Waals surface area contributed by atoms with E-state index in [-0.39, 0.29) is 0 Å². The van der Waals surface area contributed by atoms with E-state index < -0.39 is 30.0 Å². The van der Waals surface area contributed by atoms with Crippen LogP contribution in [0.2, 0.25) is 19.6 Å². The molecule has 0 N–H and O–H groups in total. The third kappa shape index (κ3) is 3.22. The molecule has 0 spiro atoms. The van der Waals surface area contributed by atoms with Gasteiger partial charge in [-0.25, -0.2) is 0 Å². The van der Waals surface area contributed by atoms with E-state index in [1.165, 1.54) is 0 Å². The van der Waals surface area contributed by atoms with Crippen molar-refractivity contribution in [3.05, 3.63) is 35.9 Å². The summed E-state index contributed by atoms with van der Waals surface area (Å²) in [6.07, 6.45) is 0. The van der Waals surface area contributed by atoms with Gasteiger partial charge in [-0.2, -0.15) is 0 Å². The number of hydrogen-bond donors (Lipinski definition) is 0. The van der Waals surface area contributed by atoms with Crippen molar-refractivity contribution in [2.75, 3.05) is 42.7 Å². The van der Waals surface area contributed by atoms with Crippen molar-refractivity contribution >= 4 is 25.7 Å². The summed E-state index contributed by atoms with van der Waals surface area (Å²) in [6, 6.07) is 10.1. The Hall–Kier alpha value is -0.369. The Morgan fingerprint density at radius 1 is 0.560 bits per heavy atom. The molecule has 0 atom stereocenters. The van der Waals surface area contributed by atoms with Crippen LogP contribution in [0.15, 0.2) is 30.3 Å². The van der Waals surface area contributed by atoms with Gasteiger partial charge in [0.1, 0.15) is 4.28 Å². The standard InChI is InChI=1S/C16H32O6Si3/c1-17-23(7,18-2)16(24(8,19-3)20-4,25(9,21-5)22-6)15-13-11-10-12-14-15/h10-14H,1-9H3. The van der Waals surface area contributed by atoms with E-state index in [9.17, 15) is 0 Å². The van der Waals surface area contributed by atoms with Gasteiger partial charge in [0.05, 0.1) is 0 Å². The van der Waals surface area contributed by atoms with Crippen LogP contribution < -0.4 is 0 Å². The smallest absolute Gasteiger partial charge is 0.349 e. The Bertz CT molecular complexity index is 484. The Kier molecular flexibility index (Phi) is 7.75. The van der Waals surface area contributed by atoms with Gasteiger partial charge in [-0.1, -0.05) is 30.3 Å². The summed E-state index contributed by atoms with van der Waals surface area (Å²) in [7, 11) is 1.20. The zero-order valence-electron chi connectivity index (χ0n) is 16.8. The van der Waals surface area contributed by atoms with Crippen LogP contribution in [0.4, 0.5) is 0 Å². The Morgan fingerprint density at radius 3 is 1.08 bits per heavy atom. The minimum Gasteiger partial charge on any atom is -0.397 e. The van der Waals surface area contributed by atoms with Crippen molar-refractivity contribution in [3.8, 4) is 0 Å². The largest absolute Gasteiger partial charge is 0.397 e. The monoisotopic (exact) mass is 404 g/mol. The summed E-state index contributed by atoms with van der Waals surface area (Å²) < 4.78 is 35.7. The van der Waals surface area contributed by atoms with E-state index in [0.29, 0.717) is 0 Å². The van der Waals surface area contributed by atoms with Crippen molar-refractivity contribution in [2.45, 2.75) is 23.9 Å². The van der Waals surface area contributed by atoms with Gasteiger partial charge in [0.2, 0.25) is 0 Å². The minimum absolute atomic E-state index is 0.759. The van der Waals surface area contributed by atoms with Crippen LogP contribution in [0.3, 0.4) is 0 Å². The van der Waals surface area contributed by atoms with Gasteiger partial charge in [-0.3, -0.25) is 0 Å². The highest BCUT2D eigenvalue weighted by molar-refractivity contribution is 7.06. The quantitative estimate of drug-likeness (QED) is 0.559. The Labute approximate surface area is 155 Å². The van der Waals surface area contributed by atoms with Gasteiger partial charge in [0.25, 0.3) is 0 Å². The van der Waals surface area contributed by atoms with Crippen LogP contribution in [-0.4, -0.2) is 68.3 Å². The summed E-state index contributed by atoms with van der Waals surface area (Å²) in [4.78, 5) is 0. The summed E-state index contributed by atoms with van der Waals surface area (Å²) >= 11 is 0. The molecule has 0 saturated heterocycles. The molecule has 144 valence electrons. The molecular weight excluding hydrogens is 372 g/mol. The first-order valence-corrected chi connectivity index (χ1v) is 15.0. The van der Waals surface area contributed by atoms with Crippen molar-refractivity contribution in [1.82, 2.24) is 0 Å². The minimum atomic E-state index is -2.95. The first kappa shape index (κ1) is 22.7. The summed E-state index contributed by atoms with van der Waals surface area (Å²) in [5, 5.41) is 0. The molecule has 9 heteroatoms. The second-order valence-corrected chi connectivity index (χ2v) is 18.1. The van der Waals surface area contributed by atoms with Gasteiger partial charge >= 0.3 is 25.7 Å². The van der Waals surface area contributed by atoms with Crippen LogP contribution in [0.25, 0.3) is 0 Å².